The van der Waals surface area contributed by atoms with Gasteiger partial charge in [0.1, 0.15) is 18.5 Å². The minimum Gasteiger partial charge on any atom is -0.493 e. The maximum absolute atomic E-state index is 12.7. The average Bonchev–Trinajstić information content (AvgIpc) is 3.17. The van der Waals surface area contributed by atoms with Gasteiger partial charge in [-0.2, -0.15) is 0 Å². The second kappa shape index (κ2) is 36.8. The van der Waals surface area contributed by atoms with Crippen molar-refractivity contribution in [1.29, 1.82) is 0 Å². The number of carbonyl (C=O) groups is 2. The number of non-ortho nitro benzene ring substituents is 1. The fourth-order valence-corrected chi connectivity index (χ4v) is 6.33. The standard InChI is InChI=1S/C46H77NO7/c1-3-5-7-9-11-13-15-17-19-21-23-25-27-29-31-33-45(48)53-41-44(39-40-52-43-37-35-42(36-38-43)47(50)51)54-46(49)34-32-30-28-26-24-22-20-18-16-14-12-10-8-6-4-2/h17-20,35-38,44H,3-16,21-34,39-41H2,1-2H3/b19-17-,20-18-. The minimum absolute atomic E-state index is 0.00829. The summed E-state index contributed by atoms with van der Waals surface area (Å²) >= 11 is 0. The largest absolute Gasteiger partial charge is 0.493 e. The molecule has 1 rings (SSSR count). The third-order valence-corrected chi connectivity index (χ3v) is 9.77. The van der Waals surface area contributed by atoms with Crippen molar-refractivity contribution >= 4 is 17.6 Å². The molecule has 8 heteroatoms. The summed E-state index contributed by atoms with van der Waals surface area (Å²) in [5.41, 5.74) is -0.0112. The summed E-state index contributed by atoms with van der Waals surface area (Å²) in [5.74, 6) is -0.0800. The highest BCUT2D eigenvalue weighted by Crippen LogP contribution is 2.18. The van der Waals surface area contributed by atoms with E-state index in [0.717, 1.165) is 57.8 Å². The van der Waals surface area contributed by atoms with Crippen molar-refractivity contribution < 1.29 is 28.7 Å². The summed E-state index contributed by atoms with van der Waals surface area (Å²) in [6.45, 7) is 4.72. The van der Waals surface area contributed by atoms with Gasteiger partial charge in [0.05, 0.1) is 11.5 Å². The number of hydrogen-bond donors (Lipinski definition) is 0. The Bertz CT molecular complexity index is 1100. The van der Waals surface area contributed by atoms with Gasteiger partial charge < -0.3 is 14.2 Å². The van der Waals surface area contributed by atoms with Crippen LogP contribution in [0.25, 0.3) is 0 Å². The molecule has 0 fully saturated rings. The summed E-state index contributed by atoms with van der Waals surface area (Å²) in [7, 11) is 0. The Morgan fingerprint density at radius 1 is 0.593 bits per heavy atom. The molecule has 308 valence electrons. The van der Waals surface area contributed by atoms with E-state index in [4.69, 9.17) is 14.2 Å². The fourth-order valence-electron chi connectivity index (χ4n) is 6.33. The molecule has 0 aliphatic carbocycles. The van der Waals surface area contributed by atoms with E-state index in [1.165, 1.54) is 121 Å². The quantitative estimate of drug-likeness (QED) is 0.0217. The van der Waals surface area contributed by atoms with Crippen LogP contribution in [0, 0.1) is 10.1 Å². The van der Waals surface area contributed by atoms with Gasteiger partial charge in [-0.25, -0.2) is 0 Å². The van der Waals surface area contributed by atoms with Crippen LogP contribution in [0.15, 0.2) is 48.6 Å². The van der Waals surface area contributed by atoms with E-state index in [1.807, 2.05) is 0 Å². The van der Waals surface area contributed by atoms with Gasteiger partial charge in [-0.05, 0) is 76.3 Å². The van der Waals surface area contributed by atoms with E-state index in [9.17, 15) is 19.7 Å². The molecule has 0 N–H and O–H groups in total. The lowest BCUT2D eigenvalue weighted by molar-refractivity contribution is -0.384. The van der Waals surface area contributed by atoms with Crippen molar-refractivity contribution in [2.24, 2.45) is 0 Å². The van der Waals surface area contributed by atoms with Gasteiger partial charge in [-0.3, -0.25) is 19.7 Å². The Morgan fingerprint density at radius 2 is 1.00 bits per heavy atom. The van der Waals surface area contributed by atoms with Crippen LogP contribution in [0.1, 0.15) is 200 Å². The van der Waals surface area contributed by atoms with Crippen LogP contribution in [0.3, 0.4) is 0 Å². The Hall–Kier alpha value is -3.16. The van der Waals surface area contributed by atoms with Gasteiger partial charge >= 0.3 is 11.9 Å². The molecule has 54 heavy (non-hydrogen) atoms. The number of rotatable bonds is 38. The van der Waals surface area contributed by atoms with Crippen LogP contribution in [-0.4, -0.2) is 36.2 Å². The lowest BCUT2D eigenvalue weighted by atomic mass is 10.1. The molecule has 0 aliphatic heterocycles. The molecule has 0 bridgehead atoms. The van der Waals surface area contributed by atoms with E-state index in [1.54, 1.807) is 12.1 Å². The predicted octanol–water partition coefficient (Wildman–Crippen LogP) is 13.9. The predicted molar refractivity (Wildman–Crippen MR) is 223 cm³/mol. The highest BCUT2D eigenvalue weighted by molar-refractivity contribution is 5.70. The summed E-state index contributed by atoms with van der Waals surface area (Å²) in [6, 6.07) is 5.86. The Morgan fingerprint density at radius 3 is 1.44 bits per heavy atom. The average molecular weight is 756 g/mol. The zero-order valence-electron chi connectivity index (χ0n) is 34.4. The minimum atomic E-state index is -0.614. The molecule has 0 heterocycles. The number of hydrogen-bond acceptors (Lipinski definition) is 7. The first-order chi connectivity index (χ1) is 26.5. The molecule has 1 unspecified atom stereocenters. The summed E-state index contributed by atoms with van der Waals surface area (Å²) < 4.78 is 17.0. The Labute approximate surface area is 329 Å². The monoisotopic (exact) mass is 756 g/mol. The molecule has 0 aromatic heterocycles. The number of allylic oxidation sites excluding steroid dienone is 4. The fraction of sp³-hybridized carbons (Fsp3) is 0.739. The molecule has 0 saturated heterocycles. The van der Waals surface area contributed by atoms with E-state index >= 15 is 0 Å². The molecule has 0 saturated carbocycles. The maximum atomic E-state index is 12.7. The van der Waals surface area contributed by atoms with Crippen LogP contribution in [-0.2, 0) is 19.1 Å². The lowest BCUT2D eigenvalue weighted by Crippen LogP contribution is -2.27. The number of nitrogens with zero attached hydrogens (tertiary/aromatic N) is 1. The molecule has 1 aromatic carbocycles. The van der Waals surface area contributed by atoms with Crippen molar-refractivity contribution in [3.8, 4) is 5.75 Å². The van der Waals surface area contributed by atoms with Crippen LogP contribution in [0.5, 0.6) is 5.75 Å². The SMILES string of the molecule is CCCCCCCC/C=C\CCCCCCCC(=O)OCC(CCOc1ccc([N+](=O)[O-])cc1)OC(=O)CCCCCCC/C=C\CCCCCCCC. The van der Waals surface area contributed by atoms with Crippen molar-refractivity contribution in [2.75, 3.05) is 13.2 Å². The second-order valence-electron chi connectivity index (χ2n) is 14.9. The first-order valence-corrected chi connectivity index (χ1v) is 22.0. The normalized spacial score (nSPS) is 12.0. The number of esters is 2. The number of nitro benzene ring substituents is 1. The third kappa shape index (κ3) is 31.2. The van der Waals surface area contributed by atoms with Crippen molar-refractivity contribution in [3.05, 3.63) is 58.7 Å². The molecule has 1 aromatic rings. The van der Waals surface area contributed by atoms with E-state index in [-0.39, 0.29) is 30.8 Å². The molecule has 0 aliphatic rings. The molecular formula is C46H77NO7. The smallest absolute Gasteiger partial charge is 0.306 e. The zero-order valence-corrected chi connectivity index (χ0v) is 34.4. The number of carbonyl (C=O) groups excluding carboxylic acids is 2. The van der Waals surface area contributed by atoms with Gasteiger partial charge in [0.15, 0.2) is 0 Å². The van der Waals surface area contributed by atoms with E-state index in [0.29, 0.717) is 25.0 Å². The highest BCUT2D eigenvalue weighted by Gasteiger charge is 2.18. The van der Waals surface area contributed by atoms with Gasteiger partial charge in [-0.15, -0.1) is 0 Å². The molecule has 0 amide bonds. The van der Waals surface area contributed by atoms with Gasteiger partial charge in [-0.1, -0.05) is 141 Å². The molecule has 0 radical (unpaired) electrons. The van der Waals surface area contributed by atoms with Gasteiger partial charge in [0.2, 0.25) is 0 Å². The lowest BCUT2D eigenvalue weighted by Gasteiger charge is -2.18. The topological polar surface area (TPSA) is 105 Å². The summed E-state index contributed by atoms with van der Waals surface area (Å²) in [4.78, 5) is 35.7. The van der Waals surface area contributed by atoms with Gasteiger partial charge in [0.25, 0.3) is 5.69 Å². The van der Waals surface area contributed by atoms with Gasteiger partial charge in [0, 0.05) is 31.4 Å². The highest BCUT2D eigenvalue weighted by atomic mass is 16.6. The van der Waals surface area contributed by atoms with Crippen LogP contribution in [0.2, 0.25) is 0 Å². The first kappa shape index (κ1) is 48.9. The van der Waals surface area contributed by atoms with Crippen LogP contribution < -0.4 is 4.74 Å². The van der Waals surface area contributed by atoms with Crippen LogP contribution >= 0.6 is 0 Å². The number of benzene rings is 1. The van der Waals surface area contributed by atoms with Crippen molar-refractivity contribution in [2.45, 2.75) is 206 Å². The Kier molecular flexibility index (Phi) is 33.3. The number of nitro groups is 1. The van der Waals surface area contributed by atoms with E-state index < -0.39 is 11.0 Å². The van der Waals surface area contributed by atoms with E-state index in [2.05, 4.69) is 38.2 Å². The van der Waals surface area contributed by atoms with Crippen molar-refractivity contribution in [1.82, 2.24) is 0 Å². The summed E-state index contributed by atoms with van der Waals surface area (Å²) in [6.07, 6.45) is 40.8. The summed E-state index contributed by atoms with van der Waals surface area (Å²) in [5, 5.41) is 10.9. The number of ether oxygens (including phenoxy) is 3. The first-order valence-electron chi connectivity index (χ1n) is 22.0. The zero-order chi connectivity index (χ0) is 39.2. The molecule has 1 atom stereocenters. The van der Waals surface area contributed by atoms with Crippen molar-refractivity contribution in [3.63, 3.8) is 0 Å². The molecular weight excluding hydrogens is 679 g/mol. The molecule has 0 spiro atoms. The maximum Gasteiger partial charge on any atom is 0.306 e. The number of unbranched alkanes of at least 4 members (excludes halogenated alkanes) is 22. The Balaban J connectivity index is 2.28. The van der Waals surface area contributed by atoms with Crippen LogP contribution in [0.4, 0.5) is 5.69 Å². The second-order valence-corrected chi connectivity index (χ2v) is 14.9. The third-order valence-electron chi connectivity index (χ3n) is 9.77. The molecule has 8 nitrogen and oxygen atoms in total.